The Morgan fingerprint density at radius 1 is 1.45 bits per heavy atom. The van der Waals surface area contributed by atoms with Gasteiger partial charge in [0.2, 0.25) is 0 Å². The zero-order valence-electron chi connectivity index (χ0n) is 10.8. The molecule has 0 aliphatic rings. The minimum Gasteiger partial charge on any atom is -0.380 e. The highest BCUT2D eigenvalue weighted by molar-refractivity contribution is 6.33. The quantitative estimate of drug-likeness (QED) is 0.404. The van der Waals surface area contributed by atoms with Crippen molar-refractivity contribution in [1.82, 2.24) is 9.78 Å². The van der Waals surface area contributed by atoms with E-state index < -0.39 is 5.97 Å². The van der Waals surface area contributed by atoms with Crippen LogP contribution in [-0.2, 0) is 11.4 Å². The molecule has 0 aliphatic carbocycles. The second-order valence-electron chi connectivity index (χ2n) is 3.88. The molecule has 0 fully saturated rings. The summed E-state index contributed by atoms with van der Waals surface area (Å²) in [5, 5.41) is 7.77. The molecule has 1 aromatic heterocycles. The largest absolute Gasteiger partial charge is 0.385 e. The average Bonchev–Trinajstić information content (AvgIpc) is 2.86. The first-order valence-corrected chi connectivity index (χ1v) is 6.32. The van der Waals surface area contributed by atoms with Gasteiger partial charge in [0.1, 0.15) is 0 Å². The molecule has 6 nitrogen and oxygen atoms in total. The second-order valence-corrected chi connectivity index (χ2v) is 4.29. The maximum Gasteiger partial charge on any atom is 0.385 e. The lowest BCUT2D eigenvalue weighted by molar-refractivity contribution is 0.0502. The SMILES string of the molecule is CCn1ncc(Cl)c1C(=O)O/N=C(\N)c1ccccc1. The Morgan fingerprint density at radius 2 is 2.15 bits per heavy atom. The Hall–Kier alpha value is -2.34. The van der Waals surface area contributed by atoms with E-state index in [0.717, 1.165) is 0 Å². The van der Waals surface area contributed by atoms with Crippen LogP contribution in [0.2, 0.25) is 5.02 Å². The first-order valence-electron chi connectivity index (χ1n) is 5.95. The molecule has 0 spiro atoms. The monoisotopic (exact) mass is 292 g/mol. The van der Waals surface area contributed by atoms with Crippen LogP contribution in [0.25, 0.3) is 0 Å². The Balaban J connectivity index is 2.14. The summed E-state index contributed by atoms with van der Waals surface area (Å²) in [5.41, 5.74) is 6.54. The molecule has 0 atom stereocenters. The molecule has 0 aliphatic heterocycles. The summed E-state index contributed by atoms with van der Waals surface area (Å²) < 4.78 is 1.43. The van der Waals surface area contributed by atoms with E-state index in [1.54, 1.807) is 12.1 Å². The number of nitrogens with two attached hydrogens (primary N) is 1. The van der Waals surface area contributed by atoms with Gasteiger partial charge < -0.3 is 10.6 Å². The number of halogens is 1. The van der Waals surface area contributed by atoms with E-state index >= 15 is 0 Å². The molecule has 1 heterocycles. The molecule has 2 aromatic rings. The first-order chi connectivity index (χ1) is 9.63. The Morgan fingerprint density at radius 3 is 2.80 bits per heavy atom. The number of hydrogen-bond acceptors (Lipinski definition) is 4. The lowest BCUT2D eigenvalue weighted by atomic mass is 10.2. The summed E-state index contributed by atoms with van der Waals surface area (Å²) in [5.74, 6) is -0.592. The predicted octanol–water partition coefficient (Wildman–Crippen LogP) is 2.03. The number of carbonyl (C=O) groups excluding carboxylic acids is 1. The van der Waals surface area contributed by atoms with Gasteiger partial charge in [-0.15, -0.1) is 0 Å². The number of aromatic nitrogens is 2. The smallest absolute Gasteiger partial charge is 0.380 e. The average molecular weight is 293 g/mol. The lowest BCUT2D eigenvalue weighted by Crippen LogP contribution is -2.16. The van der Waals surface area contributed by atoms with Crippen molar-refractivity contribution >= 4 is 23.4 Å². The van der Waals surface area contributed by atoms with Gasteiger partial charge in [0.25, 0.3) is 0 Å². The van der Waals surface area contributed by atoms with E-state index in [2.05, 4.69) is 10.3 Å². The van der Waals surface area contributed by atoms with Crippen LogP contribution in [0.1, 0.15) is 23.0 Å². The molecule has 0 saturated carbocycles. The van der Waals surface area contributed by atoms with Gasteiger partial charge in [0.05, 0.1) is 11.2 Å². The molecule has 1 aromatic carbocycles. The molecule has 0 saturated heterocycles. The summed E-state index contributed by atoms with van der Waals surface area (Å²) in [6.45, 7) is 2.33. The molecule has 2 N–H and O–H groups in total. The molecule has 20 heavy (non-hydrogen) atoms. The fourth-order valence-corrected chi connectivity index (χ4v) is 1.82. The van der Waals surface area contributed by atoms with Crippen molar-refractivity contribution in [1.29, 1.82) is 0 Å². The second kappa shape index (κ2) is 6.21. The van der Waals surface area contributed by atoms with Crippen LogP contribution in [0.15, 0.2) is 41.7 Å². The van der Waals surface area contributed by atoms with Crippen molar-refractivity contribution < 1.29 is 9.63 Å². The van der Waals surface area contributed by atoms with E-state index in [4.69, 9.17) is 22.2 Å². The Kier molecular flexibility index (Phi) is 4.37. The van der Waals surface area contributed by atoms with Crippen molar-refractivity contribution in [2.75, 3.05) is 0 Å². The first kappa shape index (κ1) is 14.1. The Bertz CT molecular complexity index is 637. The van der Waals surface area contributed by atoms with E-state index in [9.17, 15) is 4.79 Å². The summed E-state index contributed by atoms with van der Waals surface area (Å²) in [7, 11) is 0. The van der Waals surface area contributed by atoms with Gasteiger partial charge in [-0.25, -0.2) is 4.79 Å². The van der Waals surface area contributed by atoms with Crippen LogP contribution in [0.4, 0.5) is 0 Å². The van der Waals surface area contributed by atoms with E-state index in [0.29, 0.717) is 12.1 Å². The zero-order chi connectivity index (χ0) is 14.5. The van der Waals surface area contributed by atoms with Crippen LogP contribution in [0.5, 0.6) is 0 Å². The maximum absolute atomic E-state index is 11.9. The zero-order valence-corrected chi connectivity index (χ0v) is 11.5. The highest BCUT2D eigenvalue weighted by Crippen LogP contribution is 2.16. The molecule has 0 radical (unpaired) electrons. The fourth-order valence-electron chi connectivity index (χ4n) is 1.60. The normalized spacial score (nSPS) is 11.4. The molecule has 104 valence electrons. The van der Waals surface area contributed by atoms with Crippen LogP contribution < -0.4 is 5.73 Å². The number of benzene rings is 1. The number of hydrogen-bond donors (Lipinski definition) is 1. The van der Waals surface area contributed by atoms with Crippen molar-refractivity contribution in [2.24, 2.45) is 10.9 Å². The van der Waals surface area contributed by atoms with Crippen LogP contribution in [-0.4, -0.2) is 21.6 Å². The van der Waals surface area contributed by atoms with Gasteiger partial charge in [-0.3, -0.25) is 4.68 Å². The van der Waals surface area contributed by atoms with E-state index in [1.165, 1.54) is 10.9 Å². The van der Waals surface area contributed by atoms with Gasteiger partial charge in [-0.2, -0.15) is 5.10 Å². The van der Waals surface area contributed by atoms with Crippen LogP contribution in [0.3, 0.4) is 0 Å². The van der Waals surface area contributed by atoms with Gasteiger partial charge in [-0.1, -0.05) is 47.1 Å². The maximum atomic E-state index is 11.9. The minimum absolute atomic E-state index is 0.109. The summed E-state index contributed by atoms with van der Waals surface area (Å²) in [6, 6.07) is 8.99. The summed E-state index contributed by atoms with van der Waals surface area (Å²) in [4.78, 5) is 16.7. The molecule has 0 bridgehead atoms. The summed E-state index contributed by atoms with van der Waals surface area (Å²) in [6.07, 6.45) is 1.38. The number of amidine groups is 1. The topological polar surface area (TPSA) is 82.5 Å². The highest BCUT2D eigenvalue weighted by atomic mass is 35.5. The third-order valence-corrected chi connectivity index (χ3v) is 2.86. The molecule has 2 rings (SSSR count). The van der Waals surface area contributed by atoms with E-state index in [-0.39, 0.29) is 16.6 Å². The predicted molar refractivity (Wildman–Crippen MR) is 75.5 cm³/mol. The van der Waals surface area contributed by atoms with Crippen molar-refractivity contribution in [3.8, 4) is 0 Å². The van der Waals surface area contributed by atoms with Gasteiger partial charge >= 0.3 is 5.97 Å². The lowest BCUT2D eigenvalue weighted by Gasteiger charge is -2.03. The van der Waals surface area contributed by atoms with E-state index in [1.807, 2.05) is 25.1 Å². The third kappa shape index (κ3) is 2.97. The standard InChI is InChI=1S/C13H13ClN4O2/c1-2-18-11(10(14)8-16-18)13(19)20-17-12(15)9-6-4-3-5-7-9/h3-8H,2H2,1H3,(H2,15,17). The molecule has 0 unspecified atom stereocenters. The summed E-state index contributed by atoms with van der Waals surface area (Å²) >= 11 is 5.89. The van der Waals surface area contributed by atoms with Crippen molar-refractivity contribution in [3.63, 3.8) is 0 Å². The van der Waals surface area contributed by atoms with Crippen LogP contribution >= 0.6 is 11.6 Å². The van der Waals surface area contributed by atoms with Gasteiger partial charge in [0.15, 0.2) is 11.5 Å². The third-order valence-electron chi connectivity index (χ3n) is 2.58. The fraction of sp³-hybridized carbons (Fsp3) is 0.154. The Labute approximate surface area is 120 Å². The van der Waals surface area contributed by atoms with Crippen molar-refractivity contribution in [3.05, 3.63) is 52.8 Å². The minimum atomic E-state index is -0.701. The molecule has 0 amide bonds. The number of rotatable bonds is 4. The van der Waals surface area contributed by atoms with Crippen LogP contribution in [0, 0.1) is 0 Å². The highest BCUT2D eigenvalue weighted by Gasteiger charge is 2.18. The molecular weight excluding hydrogens is 280 g/mol. The number of nitrogens with zero attached hydrogens (tertiary/aromatic N) is 3. The van der Waals surface area contributed by atoms with Gasteiger partial charge in [0, 0.05) is 12.1 Å². The molecular formula is C13H13ClN4O2. The number of oxime groups is 1. The number of aryl methyl sites for hydroxylation is 1. The number of carbonyl (C=O) groups is 1. The van der Waals surface area contributed by atoms with Crippen molar-refractivity contribution in [2.45, 2.75) is 13.5 Å². The van der Waals surface area contributed by atoms with Gasteiger partial charge in [-0.05, 0) is 6.92 Å². The molecule has 7 heteroatoms.